The Labute approximate surface area is 166 Å². The maximum Gasteiger partial charge on any atom is 0.274 e. The van der Waals surface area contributed by atoms with E-state index in [0.29, 0.717) is 12.0 Å². The zero-order valence-corrected chi connectivity index (χ0v) is 15.5. The van der Waals surface area contributed by atoms with E-state index in [1.165, 1.54) is 4.90 Å². The van der Waals surface area contributed by atoms with Crippen LogP contribution in [0, 0.1) is 0 Å². The summed E-state index contributed by atoms with van der Waals surface area (Å²) in [4.78, 5) is 41.3. The molecule has 148 valence electrons. The van der Waals surface area contributed by atoms with Crippen LogP contribution in [0.15, 0.2) is 54.7 Å². The van der Waals surface area contributed by atoms with E-state index < -0.39 is 11.9 Å². The maximum absolute atomic E-state index is 13.0. The lowest BCUT2D eigenvalue weighted by atomic mass is 10.0. The predicted octanol–water partition coefficient (Wildman–Crippen LogP) is 1.36. The number of aromatic amines is 1. The lowest BCUT2D eigenvalue weighted by molar-refractivity contribution is -0.144. The first kappa shape index (κ1) is 18.7. The van der Waals surface area contributed by atoms with Gasteiger partial charge < -0.3 is 15.2 Å². The highest BCUT2D eigenvalue weighted by Crippen LogP contribution is 2.21. The number of carbonyl (C=O) groups is 3. The summed E-state index contributed by atoms with van der Waals surface area (Å²) in [6, 6.07) is 13.7. The molecule has 1 aliphatic heterocycles. The minimum atomic E-state index is -0.630. The Bertz CT molecular complexity index is 1070. The molecule has 1 aliphatic rings. The Hall–Kier alpha value is -3.65. The highest BCUT2D eigenvalue weighted by atomic mass is 16.5. The lowest BCUT2D eigenvalue weighted by Crippen LogP contribution is -2.58. The summed E-state index contributed by atoms with van der Waals surface area (Å²) in [7, 11) is 0. The molecule has 0 spiro atoms. The van der Waals surface area contributed by atoms with Gasteiger partial charge in [-0.2, -0.15) is 0 Å². The van der Waals surface area contributed by atoms with E-state index >= 15 is 0 Å². The second-order valence-electron chi connectivity index (χ2n) is 7.02. The number of hydrogen-bond acceptors (Lipinski definition) is 4. The van der Waals surface area contributed by atoms with Crippen LogP contribution < -0.4 is 10.8 Å². The normalized spacial score (nSPS) is 16.7. The standard InChI is InChI=1S/C21H20N4O4/c26-19-12-25(11-13-5-7-14(8-6-13)20(27)24-29)21(28)18(23-19)9-15-10-22-17-4-2-1-3-16(15)17/h1-8,10,18,22,29H,9,11-12H2,(H,23,26)(H,24,27)/t18-/m1/s1. The van der Waals surface area contributed by atoms with Gasteiger partial charge in [0.15, 0.2) is 0 Å². The highest BCUT2D eigenvalue weighted by molar-refractivity contribution is 5.96. The second kappa shape index (κ2) is 7.76. The van der Waals surface area contributed by atoms with Crippen molar-refractivity contribution in [2.24, 2.45) is 0 Å². The van der Waals surface area contributed by atoms with Crippen LogP contribution in [-0.4, -0.2) is 45.4 Å². The zero-order valence-electron chi connectivity index (χ0n) is 15.5. The Kier molecular flexibility index (Phi) is 5.01. The van der Waals surface area contributed by atoms with Crippen LogP contribution in [0.5, 0.6) is 0 Å². The van der Waals surface area contributed by atoms with Crippen molar-refractivity contribution in [3.63, 3.8) is 0 Å². The van der Waals surface area contributed by atoms with E-state index in [9.17, 15) is 14.4 Å². The average molecular weight is 392 g/mol. The molecule has 0 unspecified atom stereocenters. The molecular formula is C21H20N4O4. The second-order valence-corrected chi connectivity index (χ2v) is 7.02. The van der Waals surface area contributed by atoms with Crippen molar-refractivity contribution in [2.45, 2.75) is 19.0 Å². The van der Waals surface area contributed by atoms with E-state index in [0.717, 1.165) is 22.0 Å². The Morgan fingerprint density at radius 3 is 2.66 bits per heavy atom. The van der Waals surface area contributed by atoms with E-state index in [4.69, 9.17) is 5.21 Å². The first-order valence-electron chi connectivity index (χ1n) is 9.21. The van der Waals surface area contributed by atoms with Gasteiger partial charge in [-0.1, -0.05) is 30.3 Å². The third-order valence-electron chi connectivity index (χ3n) is 5.07. The molecule has 3 aromatic rings. The number of nitrogens with one attached hydrogen (secondary N) is 3. The average Bonchev–Trinajstić information content (AvgIpc) is 3.14. The summed E-state index contributed by atoms with van der Waals surface area (Å²) >= 11 is 0. The minimum absolute atomic E-state index is 0.0118. The van der Waals surface area contributed by atoms with E-state index in [1.807, 2.05) is 30.5 Å². The molecule has 8 nitrogen and oxygen atoms in total. The van der Waals surface area contributed by atoms with Gasteiger partial charge in [0.25, 0.3) is 5.91 Å². The van der Waals surface area contributed by atoms with Crippen molar-refractivity contribution < 1.29 is 19.6 Å². The first-order chi connectivity index (χ1) is 14.0. The van der Waals surface area contributed by atoms with Crippen molar-refractivity contribution >= 4 is 28.6 Å². The lowest BCUT2D eigenvalue weighted by Gasteiger charge is -2.32. The molecule has 1 atom stereocenters. The Balaban J connectivity index is 1.49. The van der Waals surface area contributed by atoms with Crippen molar-refractivity contribution in [3.05, 3.63) is 71.4 Å². The van der Waals surface area contributed by atoms with Crippen molar-refractivity contribution in [1.29, 1.82) is 0 Å². The molecule has 29 heavy (non-hydrogen) atoms. The summed E-state index contributed by atoms with van der Waals surface area (Å²) in [6.07, 6.45) is 2.27. The number of hydroxylamine groups is 1. The number of para-hydroxylation sites is 1. The van der Waals surface area contributed by atoms with Crippen LogP contribution in [0.3, 0.4) is 0 Å². The van der Waals surface area contributed by atoms with Gasteiger partial charge in [0.1, 0.15) is 6.04 Å². The van der Waals surface area contributed by atoms with Crippen LogP contribution in [-0.2, 0) is 22.6 Å². The van der Waals surface area contributed by atoms with Gasteiger partial charge in [-0.15, -0.1) is 0 Å². The number of aromatic nitrogens is 1. The number of rotatable bonds is 5. The fourth-order valence-electron chi connectivity index (χ4n) is 3.61. The number of carbonyl (C=O) groups excluding carboxylic acids is 3. The van der Waals surface area contributed by atoms with Crippen LogP contribution in [0.2, 0.25) is 0 Å². The third-order valence-corrected chi connectivity index (χ3v) is 5.07. The minimum Gasteiger partial charge on any atom is -0.361 e. The van der Waals surface area contributed by atoms with Crippen molar-refractivity contribution in [3.8, 4) is 0 Å². The van der Waals surface area contributed by atoms with Crippen molar-refractivity contribution in [2.75, 3.05) is 6.54 Å². The molecule has 4 N–H and O–H groups in total. The van der Waals surface area contributed by atoms with Crippen LogP contribution in [0.1, 0.15) is 21.5 Å². The molecule has 0 aliphatic carbocycles. The Morgan fingerprint density at radius 2 is 1.90 bits per heavy atom. The van der Waals surface area contributed by atoms with Gasteiger partial charge in [0.2, 0.25) is 11.8 Å². The monoisotopic (exact) mass is 392 g/mol. The number of nitrogens with zero attached hydrogens (tertiary/aromatic N) is 1. The number of benzene rings is 2. The molecular weight excluding hydrogens is 372 g/mol. The largest absolute Gasteiger partial charge is 0.361 e. The first-order valence-corrected chi connectivity index (χ1v) is 9.21. The summed E-state index contributed by atoms with van der Waals surface area (Å²) in [5.74, 6) is -0.957. The zero-order chi connectivity index (χ0) is 20.4. The van der Waals surface area contributed by atoms with Crippen LogP contribution in [0.4, 0.5) is 0 Å². The predicted molar refractivity (Wildman–Crippen MR) is 105 cm³/mol. The Morgan fingerprint density at radius 1 is 1.14 bits per heavy atom. The van der Waals surface area contributed by atoms with E-state index in [2.05, 4.69) is 10.3 Å². The van der Waals surface area contributed by atoms with Gasteiger partial charge in [-0.05, 0) is 29.3 Å². The molecule has 4 rings (SSSR count). The van der Waals surface area contributed by atoms with Crippen LogP contribution >= 0.6 is 0 Å². The number of H-pyrrole nitrogens is 1. The molecule has 2 heterocycles. The molecule has 0 saturated carbocycles. The summed E-state index contributed by atoms with van der Waals surface area (Å²) in [5, 5.41) is 12.5. The molecule has 8 heteroatoms. The van der Waals surface area contributed by atoms with E-state index in [1.54, 1.807) is 29.7 Å². The molecule has 0 bridgehead atoms. The van der Waals surface area contributed by atoms with Gasteiger partial charge in [0, 0.05) is 35.6 Å². The number of fused-ring (bicyclic) bond motifs is 1. The fraction of sp³-hybridized carbons (Fsp3) is 0.190. The molecule has 1 aromatic heterocycles. The highest BCUT2D eigenvalue weighted by Gasteiger charge is 2.33. The maximum atomic E-state index is 13.0. The smallest absolute Gasteiger partial charge is 0.274 e. The molecule has 2 aromatic carbocycles. The fourth-order valence-corrected chi connectivity index (χ4v) is 3.61. The molecule has 1 fully saturated rings. The van der Waals surface area contributed by atoms with Gasteiger partial charge >= 0.3 is 0 Å². The summed E-state index contributed by atoms with van der Waals surface area (Å²) < 4.78 is 0. The van der Waals surface area contributed by atoms with Gasteiger partial charge in [0.05, 0.1) is 6.54 Å². The summed E-state index contributed by atoms with van der Waals surface area (Å²) in [5.41, 5.74) is 4.62. The topological polar surface area (TPSA) is 115 Å². The molecule has 3 amide bonds. The van der Waals surface area contributed by atoms with Crippen molar-refractivity contribution in [1.82, 2.24) is 20.7 Å². The molecule has 0 radical (unpaired) electrons. The van der Waals surface area contributed by atoms with Gasteiger partial charge in [-0.25, -0.2) is 5.48 Å². The number of piperazine rings is 1. The number of hydrogen-bond donors (Lipinski definition) is 4. The molecule has 1 saturated heterocycles. The van der Waals surface area contributed by atoms with Gasteiger partial charge in [-0.3, -0.25) is 19.6 Å². The van der Waals surface area contributed by atoms with Crippen LogP contribution in [0.25, 0.3) is 10.9 Å². The third kappa shape index (κ3) is 3.83. The SMILES string of the molecule is O=C1CN(Cc2ccc(C(=O)NO)cc2)C(=O)[C@@H](Cc2c[nH]c3ccccc23)N1. The number of amides is 3. The quantitative estimate of drug-likeness (QED) is 0.388. The van der Waals surface area contributed by atoms with E-state index in [-0.39, 0.29) is 24.9 Å². The summed E-state index contributed by atoms with van der Waals surface area (Å²) in [6.45, 7) is 0.250.